The molecule has 0 bridgehead atoms. The van der Waals surface area contributed by atoms with Crippen molar-refractivity contribution in [3.05, 3.63) is 65.2 Å². The number of amides is 1. The highest BCUT2D eigenvalue weighted by atomic mass is 19.1. The zero-order valence-corrected chi connectivity index (χ0v) is 9.88. The van der Waals surface area contributed by atoms with Crippen LogP contribution < -0.4 is 10.9 Å². The summed E-state index contributed by atoms with van der Waals surface area (Å²) in [6, 6.07) is 5.07. The number of carbonyl (C=O) groups is 1. The van der Waals surface area contributed by atoms with E-state index in [0.717, 1.165) is 24.3 Å². The Morgan fingerprint density at radius 3 is 2.05 bits per heavy atom. The van der Waals surface area contributed by atoms with Crippen LogP contribution in [0.2, 0.25) is 0 Å². The van der Waals surface area contributed by atoms with Gasteiger partial charge >= 0.3 is 0 Å². The molecule has 0 spiro atoms. The first-order valence-electron chi connectivity index (χ1n) is 5.44. The van der Waals surface area contributed by atoms with Gasteiger partial charge in [-0.3, -0.25) is 15.6 Å². The monoisotopic (exact) mass is 284 g/mol. The molecule has 0 fully saturated rings. The van der Waals surface area contributed by atoms with E-state index in [1.165, 1.54) is 0 Å². The number of benzene rings is 2. The van der Waals surface area contributed by atoms with Gasteiger partial charge in [-0.2, -0.15) is 0 Å². The first kappa shape index (κ1) is 13.9. The second kappa shape index (κ2) is 5.60. The van der Waals surface area contributed by atoms with Crippen LogP contribution in [0.4, 0.5) is 23.2 Å². The second-order valence-electron chi connectivity index (χ2n) is 3.83. The first-order chi connectivity index (χ1) is 9.47. The van der Waals surface area contributed by atoms with Crippen molar-refractivity contribution in [1.29, 1.82) is 0 Å². The molecule has 0 saturated heterocycles. The lowest BCUT2D eigenvalue weighted by atomic mass is 10.2. The number of hydrogen-bond donors (Lipinski definition) is 2. The molecule has 0 saturated carbocycles. The Hall–Kier alpha value is -2.57. The Morgan fingerprint density at radius 2 is 1.45 bits per heavy atom. The normalized spacial score (nSPS) is 10.2. The highest BCUT2D eigenvalue weighted by Crippen LogP contribution is 2.14. The quantitative estimate of drug-likeness (QED) is 0.672. The minimum Gasteiger partial charge on any atom is -0.295 e. The molecule has 3 nitrogen and oxygen atoms in total. The lowest BCUT2D eigenvalue weighted by Crippen LogP contribution is -2.30. The van der Waals surface area contributed by atoms with Gasteiger partial charge < -0.3 is 0 Å². The van der Waals surface area contributed by atoms with Crippen molar-refractivity contribution >= 4 is 11.6 Å². The lowest BCUT2D eigenvalue weighted by Gasteiger charge is -2.09. The van der Waals surface area contributed by atoms with Crippen LogP contribution in [0.5, 0.6) is 0 Å². The summed E-state index contributed by atoms with van der Waals surface area (Å²) in [6.07, 6.45) is 0. The standard InChI is InChI=1S/C13H8F4N2O/c14-7-1-3-9(10(16)5-7)13(20)19-18-12-4-2-8(15)6-11(12)17/h1-6,18H,(H,19,20). The molecule has 2 N–H and O–H groups in total. The van der Waals surface area contributed by atoms with Crippen molar-refractivity contribution in [2.45, 2.75) is 0 Å². The largest absolute Gasteiger partial charge is 0.295 e. The molecule has 2 aromatic rings. The van der Waals surface area contributed by atoms with Gasteiger partial charge in [0.15, 0.2) is 5.82 Å². The van der Waals surface area contributed by atoms with Gasteiger partial charge in [0, 0.05) is 12.1 Å². The average Bonchev–Trinajstić information content (AvgIpc) is 2.37. The molecule has 1 amide bonds. The van der Waals surface area contributed by atoms with Crippen LogP contribution in [0.25, 0.3) is 0 Å². The van der Waals surface area contributed by atoms with Gasteiger partial charge in [0.2, 0.25) is 0 Å². The molecule has 0 aromatic heterocycles. The van der Waals surface area contributed by atoms with Crippen molar-refractivity contribution in [1.82, 2.24) is 5.43 Å². The predicted octanol–water partition coefficient (Wildman–Crippen LogP) is 3.00. The average molecular weight is 284 g/mol. The summed E-state index contributed by atoms with van der Waals surface area (Å²) in [6.45, 7) is 0. The highest BCUT2D eigenvalue weighted by molar-refractivity contribution is 5.95. The molecule has 0 aliphatic carbocycles. The van der Waals surface area contributed by atoms with Crippen LogP contribution in [-0.4, -0.2) is 5.91 Å². The zero-order chi connectivity index (χ0) is 14.7. The molecular weight excluding hydrogens is 276 g/mol. The molecule has 0 heterocycles. The van der Waals surface area contributed by atoms with Crippen LogP contribution in [0.3, 0.4) is 0 Å². The Morgan fingerprint density at radius 1 is 0.850 bits per heavy atom. The second-order valence-corrected chi connectivity index (χ2v) is 3.83. The van der Waals surface area contributed by atoms with E-state index in [-0.39, 0.29) is 5.69 Å². The molecule has 0 atom stereocenters. The van der Waals surface area contributed by atoms with Crippen LogP contribution >= 0.6 is 0 Å². The van der Waals surface area contributed by atoms with E-state index in [4.69, 9.17) is 0 Å². The molecule has 2 rings (SSSR count). The molecule has 0 aliphatic rings. The summed E-state index contributed by atoms with van der Waals surface area (Å²) in [5.41, 5.74) is 3.59. The van der Waals surface area contributed by atoms with Crippen molar-refractivity contribution in [2.24, 2.45) is 0 Å². The first-order valence-corrected chi connectivity index (χ1v) is 5.44. The SMILES string of the molecule is O=C(NNc1ccc(F)cc1F)c1ccc(F)cc1F. The maximum Gasteiger partial charge on any atom is 0.272 e. The maximum absolute atomic E-state index is 13.3. The summed E-state index contributed by atoms with van der Waals surface area (Å²) in [7, 11) is 0. The van der Waals surface area contributed by atoms with Crippen LogP contribution in [0, 0.1) is 23.3 Å². The van der Waals surface area contributed by atoms with Gasteiger partial charge in [-0.1, -0.05) is 0 Å². The molecule has 0 aliphatic heterocycles. The van der Waals surface area contributed by atoms with Gasteiger partial charge in [-0.25, -0.2) is 17.6 Å². The third-order valence-corrected chi connectivity index (χ3v) is 2.42. The fourth-order valence-corrected chi connectivity index (χ4v) is 1.46. The van der Waals surface area contributed by atoms with E-state index in [1.54, 1.807) is 0 Å². The molecule has 20 heavy (non-hydrogen) atoms. The third-order valence-electron chi connectivity index (χ3n) is 2.42. The van der Waals surface area contributed by atoms with E-state index in [9.17, 15) is 22.4 Å². The fraction of sp³-hybridized carbons (Fsp3) is 0. The number of carbonyl (C=O) groups excluding carboxylic acids is 1. The number of hydrazine groups is 1. The minimum atomic E-state index is -1.05. The maximum atomic E-state index is 13.3. The van der Waals surface area contributed by atoms with E-state index in [0.29, 0.717) is 12.1 Å². The summed E-state index contributed by atoms with van der Waals surface area (Å²) in [5, 5.41) is 0. The van der Waals surface area contributed by atoms with Gasteiger partial charge in [0.05, 0.1) is 11.3 Å². The summed E-state index contributed by atoms with van der Waals surface area (Å²) < 4.78 is 51.9. The van der Waals surface area contributed by atoms with Crippen molar-refractivity contribution < 1.29 is 22.4 Å². The van der Waals surface area contributed by atoms with Crippen LogP contribution in [0.15, 0.2) is 36.4 Å². The molecular formula is C13H8F4N2O. The molecule has 104 valence electrons. The topological polar surface area (TPSA) is 41.1 Å². The smallest absolute Gasteiger partial charge is 0.272 e. The molecule has 0 radical (unpaired) electrons. The number of hydrogen-bond acceptors (Lipinski definition) is 2. The summed E-state index contributed by atoms with van der Waals surface area (Å²) in [4.78, 5) is 11.6. The van der Waals surface area contributed by atoms with Crippen molar-refractivity contribution in [3.8, 4) is 0 Å². The van der Waals surface area contributed by atoms with Crippen LogP contribution in [0.1, 0.15) is 10.4 Å². The van der Waals surface area contributed by atoms with Crippen molar-refractivity contribution in [3.63, 3.8) is 0 Å². The zero-order valence-electron chi connectivity index (χ0n) is 9.88. The van der Waals surface area contributed by atoms with E-state index >= 15 is 0 Å². The number of rotatable bonds is 3. The van der Waals surface area contributed by atoms with E-state index in [2.05, 4.69) is 5.43 Å². The lowest BCUT2D eigenvalue weighted by molar-refractivity contribution is 0.0958. The third kappa shape index (κ3) is 3.05. The van der Waals surface area contributed by atoms with E-state index < -0.39 is 34.7 Å². The molecule has 0 unspecified atom stereocenters. The highest BCUT2D eigenvalue weighted by Gasteiger charge is 2.12. The predicted molar refractivity (Wildman–Crippen MR) is 63.8 cm³/mol. The number of halogens is 4. The van der Waals surface area contributed by atoms with Crippen molar-refractivity contribution in [2.75, 3.05) is 5.43 Å². The number of anilines is 1. The van der Waals surface area contributed by atoms with Gasteiger partial charge in [-0.15, -0.1) is 0 Å². The Kier molecular flexibility index (Phi) is 3.88. The Bertz CT molecular complexity index is 661. The summed E-state index contributed by atoms with van der Waals surface area (Å²) >= 11 is 0. The van der Waals surface area contributed by atoms with Crippen LogP contribution in [-0.2, 0) is 0 Å². The Balaban J connectivity index is 2.08. The number of nitrogens with one attached hydrogen (secondary N) is 2. The Labute approximate surface area is 111 Å². The molecule has 2 aromatic carbocycles. The van der Waals surface area contributed by atoms with E-state index in [1.807, 2.05) is 5.43 Å². The van der Waals surface area contributed by atoms with Gasteiger partial charge in [0.1, 0.15) is 17.5 Å². The molecule has 7 heteroatoms. The minimum absolute atomic E-state index is 0.192. The van der Waals surface area contributed by atoms with Gasteiger partial charge in [-0.05, 0) is 24.3 Å². The van der Waals surface area contributed by atoms with Gasteiger partial charge in [0.25, 0.3) is 5.91 Å². The fourth-order valence-electron chi connectivity index (χ4n) is 1.46. The summed E-state index contributed by atoms with van der Waals surface area (Å²) in [5.74, 6) is -4.50.